The van der Waals surface area contributed by atoms with Gasteiger partial charge in [-0.25, -0.2) is 4.79 Å². The number of nitrogens with one attached hydrogen (secondary N) is 2. The highest BCUT2D eigenvalue weighted by Crippen LogP contribution is 2.35. The molecule has 2 aromatic carbocycles. The lowest BCUT2D eigenvalue weighted by atomic mass is 10.1. The average Bonchev–Trinajstić information content (AvgIpc) is 3.27. The fourth-order valence-electron chi connectivity index (χ4n) is 3.75. The molecule has 1 atom stereocenters. The second-order valence-corrected chi connectivity index (χ2v) is 7.65. The summed E-state index contributed by atoms with van der Waals surface area (Å²) in [6, 6.07) is 10.4. The van der Waals surface area contributed by atoms with Crippen molar-refractivity contribution < 1.29 is 23.9 Å². The van der Waals surface area contributed by atoms with E-state index in [1.54, 1.807) is 24.3 Å². The van der Waals surface area contributed by atoms with Gasteiger partial charge in [-0.1, -0.05) is 12.1 Å². The maximum Gasteiger partial charge on any atom is 0.324 e. The van der Waals surface area contributed by atoms with E-state index in [9.17, 15) is 14.4 Å². The first-order valence-corrected chi connectivity index (χ1v) is 10.3. The van der Waals surface area contributed by atoms with Crippen LogP contribution < -0.4 is 20.1 Å². The van der Waals surface area contributed by atoms with Gasteiger partial charge in [0, 0.05) is 29.7 Å². The maximum atomic E-state index is 12.6. The fraction of sp³-hybridized carbons (Fsp3) is 0.348. The van der Waals surface area contributed by atoms with Crippen LogP contribution in [0.5, 0.6) is 11.5 Å². The second-order valence-electron chi connectivity index (χ2n) is 7.65. The highest BCUT2D eigenvalue weighted by Gasteiger charge is 2.28. The van der Waals surface area contributed by atoms with Crippen molar-refractivity contribution in [1.29, 1.82) is 0 Å². The summed E-state index contributed by atoms with van der Waals surface area (Å²) < 4.78 is 11.6. The van der Waals surface area contributed by atoms with Crippen LogP contribution in [0, 0.1) is 0 Å². The normalized spacial score (nSPS) is 17.2. The monoisotopic (exact) mass is 423 g/mol. The lowest BCUT2D eigenvalue weighted by Gasteiger charge is -2.14. The van der Waals surface area contributed by atoms with Gasteiger partial charge in [0.1, 0.15) is 17.6 Å². The molecule has 2 aliphatic heterocycles. The summed E-state index contributed by atoms with van der Waals surface area (Å²) >= 11 is 0. The van der Waals surface area contributed by atoms with Crippen LogP contribution >= 0.6 is 0 Å². The van der Waals surface area contributed by atoms with Crippen molar-refractivity contribution in [2.24, 2.45) is 0 Å². The van der Waals surface area contributed by atoms with Crippen LogP contribution in [0.2, 0.25) is 0 Å². The number of carbonyl (C=O) groups excluding carboxylic acids is 3. The molecule has 1 fully saturated rings. The van der Waals surface area contributed by atoms with Gasteiger partial charge in [0.25, 0.3) is 5.91 Å². The van der Waals surface area contributed by atoms with Gasteiger partial charge in [-0.15, -0.1) is 0 Å². The Hall–Kier alpha value is -3.55. The predicted octanol–water partition coefficient (Wildman–Crippen LogP) is 2.39. The molecule has 0 radical (unpaired) electrons. The Morgan fingerprint density at radius 3 is 2.71 bits per heavy atom. The lowest BCUT2D eigenvalue weighted by molar-refractivity contribution is -0.125. The molecular formula is C23H25N3O5. The Morgan fingerprint density at radius 2 is 2.03 bits per heavy atom. The first-order valence-electron chi connectivity index (χ1n) is 10.3. The number of rotatable bonds is 7. The van der Waals surface area contributed by atoms with E-state index >= 15 is 0 Å². The van der Waals surface area contributed by atoms with Crippen LogP contribution in [-0.2, 0) is 24.3 Å². The van der Waals surface area contributed by atoms with Gasteiger partial charge < -0.3 is 20.1 Å². The van der Waals surface area contributed by atoms with E-state index in [1.807, 2.05) is 26.0 Å². The summed E-state index contributed by atoms with van der Waals surface area (Å²) in [4.78, 5) is 37.1. The van der Waals surface area contributed by atoms with E-state index in [0.29, 0.717) is 18.7 Å². The molecule has 162 valence electrons. The molecule has 8 heteroatoms. The third kappa shape index (κ3) is 4.47. The summed E-state index contributed by atoms with van der Waals surface area (Å²) in [5, 5.41) is 5.41. The largest absolute Gasteiger partial charge is 0.494 e. The SMILES string of the molecule is CCOc1cc2c(cc1CNC(=O)c1ccc(CN3C(=O)CNC3=O)cc1)O[C@@H](C)C2. The summed E-state index contributed by atoms with van der Waals surface area (Å²) in [6.07, 6.45) is 0.980. The topological polar surface area (TPSA) is 97.0 Å². The van der Waals surface area contributed by atoms with Crippen LogP contribution in [-0.4, -0.2) is 42.0 Å². The first-order chi connectivity index (χ1) is 14.9. The molecule has 0 spiro atoms. The summed E-state index contributed by atoms with van der Waals surface area (Å²) in [5.74, 6) is 1.11. The molecule has 0 aliphatic carbocycles. The van der Waals surface area contributed by atoms with Crippen LogP contribution in [0.1, 0.15) is 40.9 Å². The van der Waals surface area contributed by atoms with Crippen molar-refractivity contribution >= 4 is 17.8 Å². The number of urea groups is 1. The van der Waals surface area contributed by atoms with Gasteiger partial charge in [0.05, 0.1) is 19.7 Å². The van der Waals surface area contributed by atoms with Crippen molar-refractivity contribution in [2.75, 3.05) is 13.2 Å². The standard InChI is InChI=1S/C23H25N3O5/c1-3-30-19-9-17-8-14(2)31-20(17)10-18(19)11-24-22(28)16-6-4-15(5-7-16)13-26-21(27)12-25-23(26)29/h4-7,9-10,14H,3,8,11-13H2,1-2H3,(H,24,28)(H,25,29)/t14-/m0/s1. The van der Waals surface area contributed by atoms with E-state index in [0.717, 1.165) is 39.5 Å². The lowest BCUT2D eigenvalue weighted by Crippen LogP contribution is -2.30. The highest BCUT2D eigenvalue weighted by molar-refractivity contribution is 6.01. The maximum absolute atomic E-state index is 12.6. The third-order valence-electron chi connectivity index (χ3n) is 5.31. The molecule has 8 nitrogen and oxygen atoms in total. The number of imide groups is 1. The Labute approximate surface area is 180 Å². The zero-order chi connectivity index (χ0) is 22.0. The smallest absolute Gasteiger partial charge is 0.324 e. The molecule has 2 N–H and O–H groups in total. The zero-order valence-corrected chi connectivity index (χ0v) is 17.6. The predicted molar refractivity (Wildman–Crippen MR) is 113 cm³/mol. The van der Waals surface area contributed by atoms with Crippen molar-refractivity contribution in [3.63, 3.8) is 0 Å². The number of benzene rings is 2. The summed E-state index contributed by atoms with van der Waals surface area (Å²) in [5.41, 5.74) is 3.24. The molecule has 0 bridgehead atoms. The zero-order valence-electron chi connectivity index (χ0n) is 17.6. The molecule has 0 unspecified atom stereocenters. The minimum absolute atomic E-state index is 0.0235. The van der Waals surface area contributed by atoms with Crippen molar-refractivity contribution in [3.8, 4) is 11.5 Å². The van der Waals surface area contributed by atoms with E-state index < -0.39 is 6.03 Å². The molecule has 2 aliphatic rings. The van der Waals surface area contributed by atoms with Gasteiger partial charge >= 0.3 is 6.03 Å². The molecule has 2 heterocycles. The Morgan fingerprint density at radius 1 is 1.26 bits per heavy atom. The van der Waals surface area contributed by atoms with Crippen molar-refractivity contribution in [1.82, 2.24) is 15.5 Å². The van der Waals surface area contributed by atoms with E-state index in [1.165, 1.54) is 0 Å². The van der Waals surface area contributed by atoms with E-state index in [4.69, 9.17) is 9.47 Å². The van der Waals surface area contributed by atoms with Crippen molar-refractivity contribution in [2.45, 2.75) is 39.5 Å². The molecule has 0 aromatic heterocycles. The highest BCUT2D eigenvalue weighted by atomic mass is 16.5. The van der Waals surface area contributed by atoms with E-state index in [-0.39, 0.29) is 31.0 Å². The number of ether oxygens (including phenoxy) is 2. The molecule has 31 heavy (non-hydrogen) atoms. The van der Waals surface area contributed by atoms with Gasteiger partial charge in [-0.3, -0.25) is 14.5 Å². The Balaban J connectivity index is 1.40. The Kier molecular flexibility index (Phi) is 5.79. The van der Waals surface area contributed by atoms with Crippen LogP contribution in [0.3, 0.4) is 0 Å². The molecule has 4 amide bonds. The molecule has 4 rings (SSSR count). The number of hydrogen-bond acceptors (Lipinski definition) is 5. The number of fused-ring (bicyclic) bond motifs is 1. The van der Waals surface area contributed by atoms with Gasteiger partial charge in [0.15, 0.2) is 0 Å². The van der Waals surface area contributed by atoms with Gasteiger partial charge in [-0.05, 0) is 43.7 Å². The summed E-state index contributed by atoms with van der Waals surface area (Å²) in [7, 11) is 0. The molecule has 1 saturated heterocycles. The Bertz CT molecular complexity index is 1000. The molecule has 2 aromatic rings. The van der Waals surface area contributed by atoms with Gasteiger partial charge in [0.2, 0.25) is 5.91 Å². The first kappa shape index (κ1) is 20.7. The van der Waals surface area contributed by atoms with Crippen molar-refractivity contribution in [3.05, 3.63) is 58.7 Å². The minimum atomic E-state index is -0.398. The average molecular weight is 423 g/mol. The third-order valence-corrected chi connectivity index (χ3v) is 5.31. The summed E-state index contributed by atoms with van der Waals surface area (Å²) in [6.45, 7) is 5.00. The number of hydrogen-bond donors (Lipinski definition) is 2. The van der Waals surface area contributed by atoms with Gasteiger partial charge in [-0.2, -0.15) is 0 Å². The number of carbonyl (C=O) groups is 3. The quantitative estimate of drug-likeness (QED) is 0.667. The number of nitrogens with zero attached hydrogens (tertiary/aromatic N) is 1. The van der Waals surface area contributed by atoms with E-state index in [2.05, 4.69) is 10.6 Å². The van der Waals surface area contributed by atoms with Crippen LogP contribution in [0.15, 0.2) is 36.4 Å². The minimum Gasteiger partial charge on any atom is -0.494 e. The molecular weight excluding hydrogens is 398 g/mol. The van der Waals surface area contributed by atoms with Crippen LogP contribution in [0.4, 0.5) is 4.79 Å². The fourth-order valence-corrected chi connectivity index (χ4v) is 3.75. The second kappa shape index (κ2) is 8.67. The number of amides is 4. The molecule has 0 saturated carbocycles. The van der Waals surface area contributed by atoms with Crippen LogP contribution in [0.25, 0.3) is 0 Å².